The first-order valence-corrected chi connectivity index (χ1v) is 7.02. The van der Waals surface area contributed by atoms with Gasteiger partial charge in [0.25, 0.3) is 11.8 Å². The van der Waals surface area contributed by atoms with Crippen LogP contribution in [0.2, 0.25) is 0 Å². The Morgan fingerprint density at radius 2 is 1.81 bits per heavy atom. The number of aromatic nitrogens is 2. The van der Waals surface area contributed by atoms with Crippen molar-refractivity contribution in [3.63, 3.8) is 0 Å². The molecule has 0 aliphatic rings. The van der Waals surface area contributed by atoms with E-state index in [9.17, 15) is 22.8 Å². The minimum Gasteiger partial charge on any atom is -0.366 e. The van der Waals surface area contributed by atoms with Gasteiger partial charge in [0.1, 0.15) is 5.52 Å². The molecule has 2 amide bonds. The summed E-state index contributed by atoms with van der Waals surface area (Å²) in [6.07, 6.45) is -3.33. The SMILES string of the molecule is Cl.NC(=O)c1cc(NC(=O)c2ccccc2C(F)(F)F)cc2[nH]cnc12. The van der Waals surface area contributed by atoms with Crippen LogP contribution in [0.5, 0.6) is 0 Å². The molecular weight excluding hydrogens is 373 g/mol. The van der Waals surface area contributed by atoms with Crippen molar-refractivity contribution in [2.45, 2.75) is 6.18 Å². The standard InChI is InChI=1S/C16H11F3N4O2.ClH/c17-16(18,19)11-4-2-1-3-9(11)15(25)23-8-5-10(14(20)24)13-12(6-8)21-7-22-13;/h1-7H,(H2,20,24)(H,21,22)(H,23,25);1H. The van der Waals surface area contributed by atoms with Crippen molar-refractivity contribution in [2.24, 2.45) is 5.73 Å². The van der Waals surface area contributed by atoms with E-state index in [0.717, 1.165) is 12.1 Å². The van der Waals surface area contributed by atoms with Gasteiger partial charge in [0.05, 0.1) is 28.5 Å². The van der Waals surface area contributed by atoms with Crippen molar-refractivity contribution in [3.05, 3.63) is 59.4 Å². The summed E-state index contributed by atoms with van der Waals surface area (Å²) in [7, 11) is 0. The normalized spacial score (nSPS) is 11.0. The summed E-state index contributed by atoms with van der Waals surface area (Å²) in [6, 6.07) is 7.13. The van der Waals surface area contributed by atoms with E-state index < -0.39 is 29.1 Å². The van der Waals surface area contributed by atoms with Crippen LogP contribution in [0.15, 0.2) is 42.7 Å². The molecule has 0 aliphatic heterocycles. The number of rotatable bonds is 3. The third kappa shape index (κ3) is 3.62. The van der Waals surface area contributed by atoms with E-state index in [2.05, 4.69) is 15.3 Å². The van der Waals surface area contributed by atoms with Crippen LogP contribution in [-0.4, -0.2) is 21.8 Å². The van der Waals surface area contributed by atoms with E-state index in [1.807, 2.05) is 0 Å². The molecule has 26 heavy (non-hydrogen) atoms. The fourth-order valence-corrected chi connectivity index (χ4v) is 2.44. The van der Waals surface area contributed by atoms with Crippen LogP contribution in [0.4, 0.5) is 18.9 Å². The second-order valence-corrected chi connectivity index (χ2v) is 5.18. The van der Waals surface area contributed by atoms with E-state index in [1.54, 1.807) is 0 Å². The Morgan fingerprint density at radius 1 is 1.12 bits per heavy atom. The molecule has 0 atom stereocenters. The lowest BCUT2D eigenvalue weighted by Gasteiger charge is -2.13. The fourth-order valence-electron chi connectivity index (χ4n) is 2.44. The number of hydrogen-bond donors (Lipinski definition) is 3. The molecule has 2 aromatic carbocycles. The number of amides is 2. The van der Waals surface area contributed by atoms with Crippen molar-refractivity contribution in [1.29, 1.82) is 0 Å². The second kappa shape index (κ2) is 7.04. The molecule has 4 N–H and O–H groups in total. The van der Waals surface area contributed by atoms with Crippen molar-refractivity contribution in [1.82, 2.24) is 9.97 Å². The highest BCUT2D eigenvalue weighted by molar-refractivity contribution is 6.09. The average molecular weight is 385 g/mol. The van der Waals surface area contributed by atoms with Gasteiger partial charge in [0.2, 0.25) is 0 Å². The molecule has 0 radical (unpaired) electrons. The van der Waals surface area contributed by atoms with Crippen molar-refractivity contribution < 1.29 is 22.8 Å². The third-order valence-corrected chi connectivity index (χ3v) is 3.52. The highest BCUT2D eigenvalue weighted by Gasteiger charge is 2.34. The summed E-state index contributed by atoms with van der Waals surface area (Å²) in [5.74, 6) is -1.73. The molecule has 10 heteroatoms. The highest BCUT2D eigenvalue weighted by Crippen LogP contribution is 2.32. The quantitative estimate of drug-likeness (QED) is 0.645. The third-order valence-electron chi connectivity index (χ3n) is 3.52. The number of carbonyl (C=O) groups is 2. The zero-order chi connectivity index (χ0) is 18.2. The molecule has 1 heterocycles. The lowest BCUT2D eigenvalue weighted by molar-refractivity contribution is -0.137. The van der Waals surface area contributed by atoms with Crippen molar-refractivity contribution in [3.8, 4) is 0 Å². The minimum atomic E-state index is -4.67. The monoisotopic (exact) mass is 384 g/mol. The van der Waals surface area contributed by atoms with Crippen LogP contribution < -0.4 is 11.1 Å². The summed E-state index contributed by atoms with van der Waals surface area (Å²) in [5, 5.41) is 2.35. The van der Waals surface area contributed by atoms with Gasteiger partial charge in [-0.2, -0.15) is 13.2 Å². The van der Waals surface area contributed by atoms with E-state index in [1.165, 1.54) is 30.6 Å². The molecule has 0 fully saturated rings. The maximum atomic E-state index is 13.0. The van der Waals surface area contributed by atoms with E-state index in [0.29, 0.717) is 11.0 Å². The summed E-state index contributed by atoms with van der Waals surface area (Å²) in [5.41, 5.74) is 4.58. The molecule has 6 nitrogen and oxygen atoms in total. The maximum Gasteiger partial charge on any atom is 0.417 e. The van der Waals surface area contributed by atoms with Gasteiger partial charge in [0, 0.05) is 5.69 Å². The highest BCUT2D eigenvalue weighted by atomic mass is 35.5. The Balaban J connectivity index is 0.00000243. The van der Waals surface area contributed by atoms with Crippen LogP contribution in [-0.2, 0) is 6.18 Å². The van der Waals surface area contributed by atoms with Gasteiger partial charge < -0.3 is 16.0 Å². The van der Waals surface area contributed by atoms with E-state index in [4.69, 9.17) is 5.73 Å². The molecule has 0 unspecified atom stereocenters. The molecule has 136 valence electrons. The molecule has 0 saturated carbocycles. The number of imidazole rings is 1. The van der Waals surface area contributed by atoms with Crippen LogP contribution in [0.1, 0.15) is 26.3 Å². The molecular formula is C16H12ClF3N4O2. The number of primary amides is 1. The van der Waals surface area contributed by atoms with Crippen LogP contribution in [0.3, 0.4) is 0 Å². The van der Waals surface area contributed by atoms with Crippen molar-refractivity contribution >= 4 is 40.9 Å². The van der Waals surface area contributed by atoms with Crippen molar-refractivity contribution in [2.75, 3.05) is 5.32 Å². The van der Waals surface area contributed by atoms with Gasteiger partial charge in [-0.05, 0) is 24.3 Å². The number of nitrogens with one attached hydrogen (secondary N) is 2. The van der Waals surface area contributed by atoms with Gasteiger partial charge in [-0.15, -0.1) is 12.4 Å². The van der Waals surface area contributed by atoms with Gasteiger partial charge in [-0.3, -0.25) is 9.59 Å². The van der Waals surface area contributed by atoms with Gasteiger partial charge in [0.15, 0.2) is 0 Å². The second-order valence-electron chi connectivity index (χ2n) is 5.18. The number of alkyl halides is 3. The number of benzene rings is 2. The van der Waals surface area contributed by atoms with Gasteiger partial charge in [-0.25, -0.2) is 4.98 Å². The largest absolute Gasteiger partial charge is 0.417 e. The maximum absolute atomic E-state index is 13.0. The predicted molar refractivity (Wildman–Crippen MR) is 91.3 cm³/mol. The van der Waals surface area contributed by atoms with Gasteiger partial charge in [-0.1, -0.05) is 12.1 Å². The Kier molecular flexibility index (Phi) is 5.22. The molecule has 3 rings (SSSR count). The Bertz CT molecular complexity index is 985. The zero-order valence-electron chi connectivity index (χ0n) is 12.9. The molecule has 3 aromatic rings. The zero-order valence-corrected chi connectivity index (χ0v) is 13.7. The lowest BCUT2D eigenvalue weighted by Crippen LogP contribution is -2.19. The molecule has 1 aromatic heterocycles. The number of hydrogen-bond acceptors (Lipinski definition) is 3. The number of carbonyl (C=O) groups excluding carboxylic acids is 2. The number of halogens is 4. The number of anilines is 1. The summed E-state index contributed by atoms with van der Waals surface area (Å²) in [6.45, 7) is 0. The topological polar surface area (TPSA) is 101 Å². The lowest BCUT2D eigenvalue weighted by atomic mass is 10.1. The first-order chi connectivity index (χ1) is 11.8. The number of nitrogens with two attached hydrogens (primary N) is 1. The minimum absolute atomic E-state index is 0. The molecule has 0 bridgehead atoms. The Morgan fingerprint density at radius 3 is 2.46 bits per heavy atom. The smallest absolute Gasteiger partial charge is 0.366 e. The predicted octanol–water partition coefficient (Wildman–Crippen LogP) is 3.35. The van der Waals surface area contributed by atoms with E-state index >= 15 is 0 Å². The Labute approximate surface area is 151 Å². The summed E-state index contributed by atoms with van der Waals surface area (Å²) in [4.78, 5) is 30.5. The van der Waals surface area contributed by atoms with Gasteiger partial charge >= 0.3 is 6.18 Å². The van der Waals surface area contributed by atoms with Crippen LogP contribution >= 0.6 is 12.4 Å². The number of H-pyrrole nitrogens is 1. The number of fused-ring (bicyclic) bond motifs is 1. The fraction of sp³-hybridized carbons (Fsp3) is 0.0625. The first-order valence-electron chi connectivity index (χ1n) is 7.02. The molecule has 0 saturated heterocycles. The Hall–Kier alpha value is -3.07. The van der Waals surface area contributed by atoms with Crippen LogP contribution in [0.25, 0.3) is 11.0 Å². The number of nitrogens with zero attached hydrogens (tertiary/aromatic N) is 1. The summed E-state index contributed by atoms with van der Waals surface area (Å²) < 4.78 is 39.1. The number of aromatic amines is 1. The summed E-state index contributed by atoms with van der Waals surface area (Å²) >= 11 is 0. The first kappa shape index (κ1) is 19.3. The molecule has 0 aliphatic carbocycles. The van der Waals surface area contributed by atoms with Crippen LogP contribution in [0, 0.1) is 0 Å². The average Bonchev–Trinajstić information content (AvgIpc) is 3.01. The molecule has 0 spiro atoms. The van der Waals surface area contributed by atoms with E-state index in [-0.39, 0.29) is 23.7 Å².